The number of aryl methyl sites for hydroxylation is 2. The third kappa shape index (κ3) is 14.3. The topological polar surface area (TPSA) is 7.76 Å². The summed E-state index contributed by atoms with van der Waals surface area (Å²) in [7, 11) is -17.7. The summed E-state index contributed by atoms with van der Waals surface area (Å²) in [5.41, 5.74) is -1.66. The molecule has 0 N–H and O–H groups in total. The first kappa shape index (κ1) is 50.6. The second-order valence-corrected chi connectivity index (χ2v) is 19.8. The van der Waals surface area contributed by atoms with Crippen LogP contribution in [0.4, 0.5) is 76.7 Å². The number of rotatable bonds is 4. The average Bonchev–Trinajstić information content (AvgIpc) is 3.81. The van der Waals surface area contributed by atoms with Crippen LogP contribution >= 0.6 is 38.3 Å². The number of benzene rings is 2. The van der Waals surface area contributed by atoms with Crippen LogP contribution < -0.4 is 9.13 Å². The summed E-state index contributed by atoms with van der Waals surface area (Å²) >= 11 is 1.94. The molecule has 0 fully saturated rings. The summed E-state index contributed by atoms with van der Waals surface area (Å²) in [6, 6.07) is 26.6. The third-order valence-corrected chi connectivity index (χ3v) is 10.6. The van der Waals surface area contributed by atoms with Crippen molar-refractivity contribution < 1.29 is 85.8 Å². The predicted molar refractivity (Wildman–Crippen MR) is 215 cm³/mol. The number of nitrogens with zero attached hydrogens (tertiary/aromatic N) is 2. The van der Waals surface area contributed by atoms with E-state index in [0.717, 1.165) is 22.7 Å². The second kappa shape index (κ2) is 15.9. The van der Waals surface area contributed by atoms with E-state index in [1.165, 1.54) is 12.1 Å². The minimum atomic E-state index is -10.7. The van der Waals surface area contributed by atoms with Crippen molar-refractivity contribution in [1.82, 2.24) is 0 Å². The molecule has 4 heterocycles. The fourth-order valence-corrected chi connectivity index (χ4v) is 7.74. The first-order chi connectivity index (χ1) is 29.3. The molecule has 1 aliphatic carbocycles. The van der Waals surface area contributed by atoms with Gasteiger partial charge in [-0.05, 0) is 23.3 Å². The Labute approximate surface area is 364 Å². The van der Waals surface area contributed by atoms with E-state index in [4.69, 9.17) is 0 Å². The van der Waals surface area contributed by atoms with E-state index in [0.29, 0.717) is 32.0 Å². The van der Waals surface area contributed by atoms with Gasteiger partial charge in [-0.3, -0.25) is 0 Å². The van der Waals surface area contributed by atoms with Gasteiger partial charge in [-0.25, -0.2) is 9.13 Å². The Kier molecular flexibility index (Phi) is 12.4. The molecule has 0 bridgehead atoms. The van der Waals surface area contributed by atoms with Gasteiger partial charge < -0.3 is 0 Å². The molecule has 2 nitrogen and oxygen atoms in total. The molecular formula is C41H26F18N2P2S2. The van der Waals surface area contributed by atoms with E-state index in [-0.39, 0.29) is 9.75 Å². The first-order valence-corrected chi connectivity index (χ1v) is 23.3. The molecule has 348 valence electrons. The second-order valence-electron chi connectivity index (χ2n) is 13.8. The van der Waals surface area contributed by atoms with Crippen molar-refractivity contribution in [3.63, 3.8) is 0 Å². The predicted octanol–water partition coefficient (Wildman–Crippen LogP) is 16.2. The number of hydrogen-bond donors (Lipinski definition) is 0. The fourth-order valence-electron chi connectivity index (χ4n) is 5.69. The summed E-state index contributed by atoms with van der Waals surface area (Å²) < 4.78 is 218. The zero-order valence-electron chi connectivity index (χ0n) is 32.5. The molecule has 0 saturated heterocycles. The Morgan fingerprint density at radius 2 is 0.708 bits per heavy atom. The van der Waals surface area contributed by atoms with Gasteiger partial charge in [0.1, 0.15) is 14.1 Å². The van der Waals surface area contributed by atoms with Crippen LogP contribution in [0.3, 0.4) is 0 Å². The maximum atomic E-state index is 16.3. The molecule has 2 aromatic carbocycles. The van der Waals surface area contributed by atoms with Crippen molar-refractivity contribution in [2.45, 2.75) is 17.8 Å². The number of alkyl halides is 6. The number of halogens is 18. The Morgan fingerprint density at radius 3 is 0.985 bits per heavy atom. The maximum absolute atomic E-state index is 16.3. The molecule has 1 aliphatic rings. The molecule has 0 unspecified atom stereocenters. The van der Waals surface area contributed by atoms with Crippen LogP contribution in [0.15, 0.2) is 122 Å². The van der Waals surface area contributed by atoms with E-state index in [2.05, 4.69) is 23.7 Å². The van der Waals surface area contributed by atoms with Crippen LogP contribution in [-0.2, 0) is 14.1 Å². The van der Waals surface area contributed by atoms with Crippen LogP contribution in [0.25, 0.3) is 32.0 Å². The van der Waals surface area contributed by atoms with Crippen LogP contribution in [0, 0.1) is 23.7 Å². The van der Waals surface area contributed by atoms with E-state index >= 15 is 26.3 Å². The molecule has 6 aromatic rings. The van der Waals surface area contributed by atoms with Gasteiger partial charge in [0.25, 0.3) is 0 Å². The Bertz CT molecular complexity index is 2670. The third-order valence-electron chi connectivity index (χ3n) is 8.38. The molecule has 0 saturated carbocycles. The molecular weight excluding hydrogens is 989 g/mol. The Hall–Kier alpha value is -5.40. The van der Waals surface area contributed by atoms with E-state index in [9.17, 15) is 50.4 Å². The molecule has 4 aromatic heterocycles. The molecule has 0 amide bonds. The van der Waals surface area contributed by atoms with Gasteiger partial charge in [0.2, 0.25) is 0 Å². The normalized spacial score (nSPS) is 17.2. The van der Waals surface area contributed by atoms with Crippen molar-refractivity contribution in [3.05, 3.63) is 154 Å². The van der Waals surface area contributed by atoms with Crippen molar-refractivity contribution in [2.75, 3.05) is 0 Å². The van der Waals surface area contributed by atoms with Gasteiger partial charge in [-0.15, -0.1) is 22.7 Å². The van der Waals surface area contributed by atoms with Gasteiger partial charge in [0.15, 0.2) is 24.8 Å². The number of pyridine rings is 2. The monoisotopic (exact) mass is 1010 g/mol. The summed E-state index contributed by atoms with van der Waals surface area (Å²) in [6.45, 7) is 0. The van der Waals surface area contributed by atoms with Crippen LogP contribution in [0.2, 0.25) is 0 Å². The standard InChI is InChI=1S/C41H26F6N2S2.2F6P/c1-48-21-17-27(18-22-48)13-15-33-31(25-35(50-33)29-9-5-3-6-10-29)37-38(40(44,45)41(46,47)39(37,42)43)32-26-36(30-11-7-4-8-12-30)51-34(32)16-14-28-19-23-49(2)24-20-28;2*1-7(2,3,4,5)6/h3-12,17-26H,1-2H3;;/q+2;2*-1. The first-order valence-electron chi connectivity index (χ1n) is 17.6. The minimum absolute atomic E-state index is 0.0499. The molecule has 0 atom stereocenters. The summed E-state index contributed by atoms with van der Waals surface area (Å²) in [5.74, 6) is -4.79. The zero-order chi connectivity index (χ0) is 48.8. The molecule has 0 radical (unpaired) electrons. The Balaban J connectivity index is 0.000000492. The molecule has 7 rings (SSSR count). The Morgan fingerprint density at radius 1 is 0.431 bits per heavy atom. The van der Waals surface area contributed by atoms with Crippen LogP contribution in [0.1, 0.15) is 32.0 Å². The summed E-state index contributed by atoms with van der Waals surface area (Å²) in [4.78, 5) is 0.711. The van der Waals surface area contributed by atoms with Gasteiger partial charge in [-0.2, -0.15) is 26.3 Å². The van der Waals surface area contributed by atoms with Gasteiger partial charge in [-0.1, -0.05) is 84.3 Å². The molecule has 0 aliphatic heterocycles. The molecule has 65 heavy (non-hydrogen) atoms. The SMILES string of the molecule is C[n+]1ccc(C#Cc2sc(-c3ccccc3)cc2C2=C(c3cc(-c4ccccc4)sc3C#Cc3cc[n+](C)cc3)C(F)(F)C(F)(F)C2(F)F)cc1.F[P-](F)(F)(F)(F)F.F[P-](F)(F)(F)(F)F. The zero-order valence-corrected chi connectivity index (χ0v) is 35.9. The van der Waals surface area contributed by atoms with Gasteiger partial charge >= 0.3 is 83.7 Å². The molecule has 0 spiro atoms. The summed E-state index contributed by atoms with van der Waals surface area (Å²) in [5, 5.41) is 0. The van der Waals surface area contributed by atoms with E-state index in [1.54, 1.807) is 119 Å². The van der Waals surface area contributed by atoms with E-state index < -0.39 is 55.7 Å². The van der Waals surface area contributed by atoms with Gasteiger partial charge in [0, 0.05) is 67.4 Å². The van der Waals surface area contributed by atoms with Gasteiger partial charge in [0.05, 0.1) is 9.75 Å². The number of hydrogen-bond acceptors (Lipinski definition) is 2. The van der Waals surface area contributed by atoms with Crippen molar-refractivity contribution >= 4 is 49.4 Å². The number of thiophene rings is 2. The van der Waals surface area contributed by atoms with E-state index in [1.807, 2.05) is 14.1 Å². The van der Waals surface area contributed by atoms with Crippen molar-refractivity contribution in [1.29, 1.82) is 0 Å². The average molecular weight is 1010 g/mol. The number of allylic oxidation sites excluding steroid dienone is 2. The molecule has 24 heteroatoms. The quantitative estimate of drug-likeness (QED) is 0.0720. The van der Waals surface area contributed by atoms with Crippen molar-refractivity contribution in [2.24, 2.45) is 14.1 Å². The van der Waals surface area contributed by atoms with Crippen molar-refractivity contribution in [3.8, 4) is 44.6 Å². The number of aromatic nitrogens is 2. The van der Waals surface area contributed by atoms with Crippen LogP contribution in [-0.4, -0.2) is 17.8 Å². The summed E-state index contributed by atoms with van der Waals surface area (Å²) in [6.07, 6.45) is 6.95. The fraction of sp³-hybridized carbons (Fsp3) is 0.122. The van der Waals surface area contributed by atoms with Crippen LogP contribution in [0.5, 0.6) is 0 Å².